The molecule has 1 N–H and O–H groups in total. The molecule has 0 saturated carbocycles. The molecule has 108 valence electrons. The molecule has 3 heteroatoms. The number of nitrogens with one attached hydrogen (secondary N) is 1. The topological polar surface area (TPSA) is 34.0 Å². The van der Waals surface area contributed by atoms with E-state index in [1.807, 2.05) is 36.6 Å². The van der Waals surface area contributed by atoms with Crippen molar-refractivity contribution in [2.45, 2.75) is 32.7 Å². The van der Waals surface area contributed by atoms with Gasteiger partial charge >= 0.3 is 0 Å². The Morgan fingerprint density at radius 1 is 1.25 bits per heavy atom. The smallest absolute Gasteiger partial charge is 0.242 e. The van der Waals surface area contributed by atoms with E-state index in [1.54, 1.807) is 7.05 Å². The van der Waals surface area contributed by atoms with Crippen LogP contribution in [-0.4, -0.2) is 17.5 Å². The van der Waals surface area contributed by atoms with Crippen molar-refractivity contribution in [3.05, 3.63) is 33.8 Å². The maximum absolute atomic E-state index is 12.2. The summed E-state index contributed by atoms with van der Waals surface area (Å²) in [7, 11) is 1.65. The zero-order valence-corrected chi connectivity index (χ0v) is 12.7. The van der Waals surface area contributed by atoms with Crippen LogP contribution in [0, 0.1) is 0 Å². The number of hydrogen-bond acceptors (Lipinski definition) is 1. The van der Waals surface area contributed by atoms with Crippen LogP contribution in [0.25, 0.3) is 25.3 Å². The molecule has 0 radical (unpaired) electrons. The second-order valence-corrected chi connectivity index (χ2v) is 4.66. The lowest BCUT2D eigenvalue weighted by atomic mass is 10.1. The number of allylic oxidation sites excluding steroid dienone is 1. The largest absolute Gasteiger partial charge is 0.357 e. The summed E-state index contributed by atoms with van der Waals surface area (Å²) in [6, 6.07) is -0.301. The van der Waals surface area contributed by atoms with E-state index in [0.717, 1.165) is 27.6 Å². The van der Waals surface area contributed by atoms with Crippen LogP contribution in [0.3, 0.4) is 0 Å². The molecule has 20 heavy (non-hydrogen) atoms. The minimum absolute atomic E-state index is 0.0260. The Morgan fingerprint density at radius 2 is 1.75 bits per heavy atom. The summed E-state index contributed by atoms with van der Waals surface area (Å²) in [6.07, 6.45) is 7.31. The molecule has 0 aliphatic heterocycles. The van der Waals surface area contributed by atoms with E-state index in [2.05, 4.69) is 25.1 Å². The second kappa shape index (κ2) is 6.94. The van der Waals surface area contributed by atoms with Crippen LogP contribution in [0.5, 0.6) is 0 Å². The Labute approximate surface area is 120 Å². The summed E-state index contributed by atoms with van der Waals surface area (Å²) in [5.41, 5.74) is 0. The van der Waals surface area contributed by atoms with Gasteiger partial charge in [0.1, 0.15) is 6.04 Å². The molecule has 0 aliphatic rings. The Morgan fingerprint density at radius 3 is 2.10 bits per heavy atom. The average Bonchev–Trinajstić information content (AvgIpc) is 2.70. The van der Waals surface area contributed by atoms with Gasteiger partial charge in [0, 0.05) is 28.2 Å². The summed E-state index contributed by atoms with van der Waals surface area (Å²) in [4.78, 5) is 12.2. The maximum Gasteiger partial charge on any atom is 0.242 e. The molecule has 1 atom stereocenters. The summed E-state index contributed by atoms with van der Waals surface area (Å²) < 4.78 is 1.94. The molecular formula is C17H24N2O. The predicted molar refractivity (Wildman–Crippen MR) is 86.8 cm³/mol. The van der Waals surface area contributed by atoms with Crippen molar-refractivity contribution >= 4 is 31.2 Å². The number of nitrogens with zero attached hydrogens (tertiary/aromatic N) is 1. The first-order valence-electron chi connectivity index (χ1n) is 6.86. The lowest BCUT2D eigenvalue weighted by Crippen LogP contribution is -2.41. The summed E-state index contributed by atoms with van der Waals surface area (Å²) in [6.45, 7) is 15.9. The van der Waals surface area contributed by atoms with Crippen molar-refractivity contribution in [2.75, 3.05) is 7.05 Å². The average molecular weight is 272 g/mol. The van der Waals surface area contributed by atoms with Gasteiger partial charge in [-0.25, -0.2) is 0 Å². The Balaban J connectivity index is 3.62. The lowest BCUT2D eigenvalue weighted by Gasteiger charge is -2.17. The van der Waals surface area contributed by atoms with Gasteiger partial charge in [0.2, 0.25) is 5.91 Å². The second-order valence-electron chi connectivity index (χ2n) is 4.66. The van der Waals surface area contributed by atoms with E-state index in [0.29, 0.717) is 6.42 Å². The monoisotopic (exact) mass is 272 g/mol. The summed E-state index contributed by atoms with van der Waals surface area (Å²) >= 11 is 0. The van der Waals surface area contributed by atoms with E-state index in [9.17, 15) is 4.79 Å². The van der Waals surface area contributed by atoms with Gasteiger partial charge in [0.05, 0.1) is 0 Å². The van der Waals surface area contributed by atoms with Crippen LogP contribution < -0.4 is 26.5 Å². The first-order chi connectivity index (χ1) is 9.53. The van der Waals surface area contributed by atoms with Gasteiger partial charge in [0.25, 0.3) is 0 Å². The number of rotatable bonds is 5. The quantitative estimate of drug-likeness (QED) is 0.762. The van der Waals surface area contributed by atoms with Gasteiger partial charge in [-0.2, -0.15) is 0 Å². The van der Waals surface area contributed by atoms with Crippen molar-refractivity contribution in [2.24, 2.45) is 0 Å². The lowest BCUT2D eigenvalue weighted by molar-refractivity contribution is -0.124. The van der Waals surface area contributed by atoms with Gasteiger partial charge in [-0.15, -0.1) is 6.58 Å². The maximum atomic E-state index is 12.2. The highest BCUT2D eigenvalue weighted by Gasteiger charge is 2.20. The van der Waals surface area contributed by atoms with E-state index < -0.39 is 0 Å². The SMILES string of the molecule is C=CCCC(C(=O)NC)n1c(=C)c(=C/C)/c(=C\C)c1=C. The first kappa shape index (κ1) is 16.0. The van der Waals surface area contributed by atoms with Gasteiger partial charge in [-0.3, -0.25) is 4.79 Å². The Hall–Kier alpha value is -2.03. The van der Waals surface area contributed by atoms with Crippen molar-refractivity contribution in [3.63, 3.8) is 0 Å². The van der Waals surface area contributed by atoms with Gasteiger partial charge in [-0.1, -0.05) is 31.4 Å². The van der Waals surface area contributed by atoms with Gasteiger partial charge in [-0.05, 0) is 26.7 Å². The van der Waals surface area contributed by atoms with Crippen LogP contribution >= 0.6 is 0 Å². The predicted octanol–water partition coefficient (Wildman–Crippen LogP) is 0.163. The molecule has 0 saturated heterocycles. The minimum Gasteiger partial charge on any atom is -0.357 e. The van der Waals surface area contributed by atoms with Gasteiger partial charge < -0.3 is 9.88 Å². The van der Waals surface area contributed by atoms with Crippen molar-refractivity contribution in [1.82, 2.24) is 9.88 Å². The van der Waals surface area contributed by atoms with Crippen LogP contribution in [0.15, 0.2) is 12.7 Å². The minimum atomic E-state index is -0.301. The van der Waals surface area contributed by atoms with Gasteiger partial charge in [0.15, 0.2) is 0 Å². The molecule has 1 rings (SSSR count). The van der Waals surface area contributed by atoms with E-state index in [1.165, 1.54) is 0 Å². The van der Waals surface area contributed by atoms with Crippen LogP contribution in [0.1, 0.15) is 32.7 Å². The highest BCUT2D eigenvalue weighted by molar-refractivity contribution is 5.80. The fourth-order valence-corrected chi connectivity index (χ4v) is 2.57. The third-order valence-corrected chi connectivity index (χ3v) is 3.58. The molecule has 1 heterocycles. The molecule has 0 fully saturated rings. The Kier molecular flexibility index (Phi) is 5.56. The third kappa shape index (κ3) is 2.77. The van der Waals surface area contributed by atoms with Crippen molar-refractivity contribution < 1.29 is 4.79 Å². The number of carbonyl (C=O) groups is 1. The summed E-state index contributed by atoms with van der Waals surface area (Å²) in [5.74, 6) is -0.0260. The van der Waals surface area contributed by atoms with E-state index >= 15 is 0 Å². The zero-order valence-electron chi connectivity index (χ0n) is 12.7. The van der Waals surface area contributed by atoms with Crippen molar-refractivity contribution in [1.29, 1.82) is 0 Å². The fourth-order valence-electron chi connectivity index (χ4n) is 2.57. The van der Waals surface area contributed by atoms with Crippen LogP contribution in [0.2, 0.25) is 0 Å². The van der Waals surface area contributed by atoms with Crippen LogP contribution in [0.4, 0.5) is 0 Å². The normalized spacial score (nSPS) is 14.3. The van der Waals surface area contributed by atoms with Crippen molar-refractivity contribution in [3.8, 4) is 0 Å². The first-order valence-corrected chi connectivity index (χ1v) is 6.86. The van der Waals surface area contributed by atoms with E-state index in [-0.39, 0.29) is 11.9 Å². The molecule has 1 aromatic heterocycles. The fraction of sp³-hybridized carbons (Fsp3) is 0.353. The molecule has 1 amide bonds. The number of likely N-dealkylation sites (N-methyl/N-ethyl adjacent to an activating group) is 1. The molecule has 1 aromatic rings. The van der Waals surface area contributed by atoms with E-state index in [4.69, 9.17) is 0 Å². The number of carbonyl (C=O) groups excluding carboxylic acids is 1. The highest BCUT2D eigenvalue weighted by Crippen LogP contribution is 2.09. The molecule has 1 unspecified atom stereocenters. The molecule has 3 nitrogen and oxygen atoms in total. The molecule has 0 aliphatic carbocycles. The molecule has 0 spiro atoms. The third-order valence-electron chi connectivity index (χ3n) is 3.58. The number of aromatic nitrogens is 1. The molecule has 0 aromatic carbocycles. The molecular weight excluding hydrogens is 248 g/mol. The number of amides is 1. The highest BCUT2D eigenvalue weighted by atomic mass is 16.2. The standard InChI is InChI=1S/C17H24N2O/c1-7-10-11-16(17(20)18-6)19-12(4)14(8-2)15(9-3)13(19)5/h7-9,16H,1,4-5,10-11H2,2-3,6H3,(H,18,20)/b14-8-,15-9-. The summed E-state index contributed by atoms with van der Waals surface area (Å²) in [5, 5.41) is 6.49. The Bertz CT molecular complexity index is 664. The molecule has 0 bridgehead atoms. The number of hydrogen-bond donors (Lipinski definition) is 1. The zero-order chi connectivity index (χ0) is 15.3. The van der Waals surface area contributed by atoms with Crippen LogP contribution in [-0.2, 0) is 4.79 Å².